The van der Waals surface area contributed by atoms with Crippen LogP contribution in [-0.4, -0.2) is 22.1 Å². The molecule has 0 bridgehead atoms. The number of nitrogens with two attached hydrogens (primary N) is 1. The van der Waals surface area contributed by atoms with Gasteiger partial charge in [0.05, 0.1) is 0 Å². The minimum Gasteiger partial charge on any atom is -0.327 e. The second kappa shape index (κ2) is 7.32. The van der Waals surface area contributed by atoms with Crippen LogP contribution in [0.1, 0.15) is 33.3 Å². The highest BCUT2D eigenvalue weighted by Crippen LogP contribution is 2.40. The molecule has 1 aromatic carbocycles. The lowest BCUT2D eigenvalue weighted by Crippen LogP contribution is -2.15. The van der Waals surface area contributed by atoms with Crippen LogP contribution in [0.4, 0.5) is 9.52 Å². The first-order valence-electron chi connectivity index (χ1n) is 6.21. The molecule has 0 spiro atoms. The van der Waals surface area contributed by atoms with E-state index in [9.17, 15) is 9.18 Å². The third-order valence-electron chi connectivity index (χ3n) is 3.25. The molecule has 2 aromatic rings. The predicted molar refractivity (Wildman–Crippen MR) is 88.8 cm³/mol. The third-order valence-corrected chi connectivity index (χ3v) is 4.00. The van der Waals surface area contributed by atoms with Crippen molar-refractivity contribution in [2.45, 2.75) is 25.3 Å². The number of aromatic nitrogens is 2. The lowest BCUT2D eigenvalue weighted by atomic mass is 10.0. The Hall–Kier alpha value is -1.28. The lowest BCUT2D eigenvalue weighted by Gasteiger charge is -2.08. The van der Waals surface area contributed by atoms with Gasteiger partial charge in [-0.2, -0.15) is 0 Å². The fraction of sp³-hybridized carbons (Fsp3) is 0.308. The van der Waals surface area contributed by atoms with Crippen molar-refractivity contribution in [2.75, 3.05) is 5.32 Å². The fourth-order valence-electron chi connectivity index (χ4n) is 2.13. The van der Waals surface area contributed by atoms with Crippen LogP contribution in [0, 0.1) is 12.7 Å². The molecule has 3 rings (SSSR count). The molecule has 120 valence electrons. The molecule has 1 aromatic heterocycles. The highest BCUT2D eigenvalue weighted by molar-refractivity contribution is 7.15. The Balaban J connectivity index is 0.00000121. The highest BCUT2D eigenvalue weighted by Gasteiger charge is 2.37. The summed E-state index contributed by atoms with van der Waals surface area (Å²) in [6, 6.07) is 4.28. The van der Waals surface area contributed by atoms with E-state index in [1.165, 1.54) is 23.5 Å². The van der Waals surface area contributed by atoms with Gasteiger partial charge < -0.3 is 5.73 Å². The summed E-state index contributed by atoms with van der Waals surface area (Å²) in [5, 5.41) is 11.5. The van der Waals surface area contributed by atoms with E-state index < -0.39 is 5.82 Å². The molecule has 1 fully saturated rings. The molecule has 1 aliphatic carbocycles. The molecule has 1 aliphatic rings. The Morgan fingerprint density at radius 3 is 2.64 bits per heavy atom. The zero-order valence-corrected chi connectivity index (χ0v) is 14.0. The predicted octanol–water partition coefficient (Wildman–Crippen LogP) is 2.90. The number of aryl methyl sites for hydroxylation is 1. The molecule has 0 saturated heterocycles. The number of rotatable bonds is 3. The summed E-state index contributed by atoms with van der Waals surface area (Å²) >= 11 is 1.27. The van der Waals surface area contributed by atoms with Crippen molar-refractivity contribution in [3.05, 3.63) is 40.2 Å². The van der Waals surface area contributed by atoms with Crippen LogP contribution in [0.15, 0.2) is 18.2 Å². The Labute approximate surface area is 143 Å². The van der Waals surface area contributed by atoms with E-state index >= 15 is 0 Å². The van der Waals surface area contributed by atoms with Crippen molar-refractivity contribution in [1.82, 2.24) is 10.2 Å². The highest BCUT2D eigenvalue weighted by atomic mass is 35.5. The van der Waals surface area contributed by atoms with Crippen LogP contribution in [0.25, 0.3) is 0 Å². The molecule has 2 atom stereocenters. The van der Waals surface area contributed by atoms with E-state index in [1.807, 2.05) is 0 Å². The Bertz CT molecular complexity index is 682. The van der Waals surface area contributed by atoms with E-state index in [4.69, 9.17) is 5.73 Å². The normalized spacial score (nSPS) is 18.9. The molecule has 1 saturated carbocycles. The maximum atomic E-state index is 13.4. The minimum absolute atomic E-state index is 0. The molecule has 2 unspecified atom stereocenters. The number of nitrogens with zero attached hydrogens (tertiary/aromatic N) is 2. The van der Waals surface area contributed by atoms with Crippen molar-refractivity contribution < 1.29 is 9.18 Å². The van der Waals surface area contributed by atoms with E-state index in [0.717, 1.165) is 17.0 Å². The van der Waals surface area contributed by atoms with Gasteiger partial charge in [0.1, 0.15) is 10.8 Å². The Morgan fingerprint density at radius 1 is 1.41 bits per heavy atom. The molecule has 5 nitrogen and oxygen atoms in total. The zero-order chi connectivity index (χ0) is 14.3. The maximum absolute atomic E-state index is 13.4. The van der Waals surface area contributed by atoms with Gasteiger partial charge in [-0.25, -0.2) is 4.39 Å². The number of hydrogen-bond donors (Lipinski definition) is 2. The van der Waals surface area contributed by atoms with Crippen molar-refractivity contribution in [1.29, 1.82) is 0 Å². The zero-order valence-electron chi connectivity index (χ0n) is 11.6. The van der Waals surface area contributed by atoms with Crippen LogP contribution in [0.3, 0.4) is 0 Å². The number of carbonyl (C=O) groups excluding carboxylic acids is 1. The molecule has 0 aliphatic heterocycles. The number of nitrogens with one attached hydrogen (secondary N) is 1. The molecule has 1 amide bonds. The molecule has 0 radical (unpaired) electrons. The van der Waals surface area contributed by atoms with Crippen LogP contribution >= 0.6 is 36.2 Å². The van der Waals surface area contributed by atoms with E-state index in [-0.39, 0.29) is 42.7 Å². The fourth-order valence-corrected chi connectivity index (χ4v) is 2.72. The average Bonchev–Trinajstić information content (AvgIpc) is 2.98. The third kappa shape index (κ3) is 3.92. The van der Waals surface area contributed by atoms with Crippen LogP contribution in [-0.2, 0) is 0 Å². The Kier molecular flexibility index (Phi) is 6.25. The van der Waals surface area contributed by atoms with Crippen LogP contribution in [0.5, 0.6) is 0 Å². The standard InChI is InChI=1S/C13H13FN4OS.2ClH/c1-6-17-18-13(20-6)16-12(19)10-4-7(14)2-3-8(10)9-5-11(9)15;;/h2-4,9,11H,5,15H2,1H3,(H,16,18,19);2*1H. The van der Waals surface area contributed by atoms with Crippen LogP contribution < -0.4 is 11.1 Å². The first kappa shape index (κ1) is 18.8. The maximum Gasteiger partial charge on any atom is 0.257 e. The number of amides is 1. The summed E-state index contributed by atoms with van der Waals surface area (Å²) < 4.78 is 13.4. The van der Waals surface area contributed by atoms with Crippen molar-refractivity contribution in [2.24, 2.45) is 5.73 Å². The van der Waals surface area contributed by atoms with Crippen LogP contribution in [0.2, 0.25) is 0 Å². The lowest BCUT2D eigenvalue weighted by molar-refractivity contribution is 0.102. The van der Waals surface area contributed by atoms with Gasteiger partial charge in [0, 0.05) is 17.5 Å². The quantitative estimate of drug-likeness (QED) is 0.877. The molecule has 3 N–H and O–H groups in total. The van der Waals surface area contributed by atoms with Gasteiger partial charge in [0.2, 0.25) is 5.13 Å². The minimum atomic E-state index is -0.443. The summed E-state index contributed by atoms with van der Waals surface area (Å²) in [5.74, 6) is -0.691. The van der Waals surface area contributed by atoms with Gasteiger partial charge >= 0.3 is 0 Å². The largest absolute Gasteiger partial charge is 0.327 e. The average molecular weight is 365 g/mol. The second-order valence-electron chi connectivity index (χ2n) is 4.82. The van der Waals surface area contributed by atoms with Gasteiger partial charge in [-0.3, -0.25) is 10.1 Å². The van der Waals surface area contributed by atoms with E-state index in [2.05, 4.69) is 15.5 Å². The summed E-state index contributed by atoms with van der Waals surface area (Å²) in [7, 11) is 0. The van der Waals surface area contributed by atoms with E-state index in [1.54, 1.807) is 13.0 Å². The smallest absolute Gasteiger partial charge is 0.257 e. The molecular weight excluding hydrogens is 350 g/mol. The Morgan fingerprint density at radius 2 is 2.09 bits per heavy atom. The second-order valence-corrected chi connectivity index (χ2v) is 6.00. The monoisotopic (exact) mass is 364 g/mol. The summed E-state index contributed by atoms with van der Waals surface area (Å²) in [6.07, 6.45) is 0.823. The topological polar surface area (TPSA) is 80.9 Å². The summed E-state index contributed by atoms with van der Waals surface area (Å²) in [6.45, 7) is 1.80. The first-order valence-corrected chi connectivity index (χ1v) is 7.02. The van der Waals surface area contributed by atoms with Crippen molar-refractivity contribution in [3.63, 3.8) is 0 Å². The van der Waals surface area contributed by atoms with Gasteiger partial charge in [-0.15, -0.1) is 35.0 Å². The van der Waals surface area contributed by atoms with Gasteiger partial charge in [-0.05, 0) is 31.0 Å². The van der Waals surface area contributed by atoms with Gasteiger partial charge in [0.25, 0.3) is 5.91 Å². The van der Waals surface area contributed by atoms with Crippen molar-refractivity contribution in [3.8, 4) is 0 Å². The number of hydrogen-bond acceptors (Lipinski definition) is 5. The summed E-state index contributed by atoms with van der Waals surface area (Å²) in [4.78, 5) is 12.3. The van der Waals surface area contributed by atoms with Gasteiger partial charge in [-0.1, -0.05) is 17.4 Å². The molecule has 22 heavy (non-hydrogen) atoms. The van der Waals surface area contributed by atoms with E-state index in [0.29, 0.717) is 10.7 Å². The van der Waals surface area contributed by atoms with Gasteiger partial charge in [0.15, 0.2) is 0 Å². The first-order chi connectivity index (χ1) is 9.54. The molecule has 9 heteroatoms. The number of halogens is 3. The SMILES string of the molecule is Cc1nnc(NC(=O)c2cc(F)ccc2C2CC2N)s1.Cl.Cl. The van der Waals surface area contributed by atoms with Crippen molar-refractivity contribution >= 4 is 47.2 Å². The number of carbonyl (C=O) groups is 1. The number of benzene rings is 1. The summed E-state index contributed by atoms with van der Waals surface area (Å²) in [5.41, 5.74) is 6.92. The molecular formula is C13H15Cl2FN4OS. The molecule has 1 heterocycles. The number of anilines is 1.